The quantitative estimate of drug-likeness (QED) is 0.0150. The summed E-state index contributed by atoms with van der Waals surface area (Å²) in [6.07, 6.45) is -15.1. The summed E-state index contributed by atoms with van der Waals surface area (Å²) in [6, 6.07) is 15.7. The lowest BCUT2D eigenvalue weighted by atomic mass is 9.82. The molecule has 0 radical (unpaired) electrons. The lowest BCUT2D eigenvalue weighted by Crippen LogP contribution is -2.62. The summed E-state index contributed by atoms with van der Waals surface area (Å²) in [5.41, 5.74) is 39.2. The van der Waals surface area contributed by atoms with Crippen LogP contribution in [0, 0.1) is 47.3 Å². The van der Waals surface area contributed by atoms with Gasteiger partial charge in [0.15, 0.2) is 31.5 Å². The number of nitrogens with zero attached hydrogens (tertiary/aromatic N) is 12. The second-order valence-corrected chi connectivity index (χ2v) is 27.2. The number of benzene rings is 2. The summed E-state index contributed by atoms with van der Waals surface area (Å²) in [5, 5.41) is 26.3. The number of aliphatic hydroxyl groups is 1. The van der Waals surface area contributed by atoms with Crippen molar-refractivity contribution in [1.29, 1.82) is 0 Å². The molecular weight excluding hydrogens is 1470 g/mol. The van der Waals surface area contributed by atoms with E-state index in [-0.39, 0.29) is 75.6 Å². The lowest BCUT2D eigenvalue weighted by Gasteiger charge is -2.50. The predicted octanol–water partition coefficient (Wildman–Crippen LogP) is 7.34. The van der Waals surface area contributed by atoms with Crippen LogP contribution in [0.4, 0.5) is 0 Å². The molecule has 0 spiro atoms. The third-order valence-electron chi connectivity index (χ3n) is 19.9. The van der Waals surface area contributed by atoms with E-state index in [9.17, 15) is 51.2 Å². The molecule has 41 nitrogen and oxygen atoms in total. The number of ether oxygens (including phenoxy) is 17. The normalized spacial score (nSPS) is 35.2. The van der Waals surface area contributed by atoms with Crippen LogP contribution in [0.3, 0.4) is 0 Å². The first-order valence-corrected chi connectivity index (χ1v) is 35.7. The molecule has 6 heterocycles. The fourth-order valence-electron chi connectivity index (χ4n) is 13.8. The molecule has 614 valence electrons. The number of azide groups is 4. The van der Waals surface area contributed by atoms with E-state index in [0.29, 0.717) is 0 Å². The number of carbonyl (C=O) groups is 5. The first-order valence-electron chi connectivity index (χ1n) is 35.7. The van der Waals surface area contributed by atoms with Crippen molar-refractivity contribution in [3.8, 4) is 0 Å². The molecule has 0 aromatic heterocycles. The van der Waals surface area contributed by atoms with Crippen LogP contribution in [0.5, 0.6) is 0 Å². The van der Waals surface area contributed by atoms with Crippen LogP contribution < -0.4 is 11.7 Å². The Hall–Kier alpha value is -8.81. The largest absolute Gasteiger partial charge is 0.463 e. The number of rotatable bonds is 27. The summed E-state index contributed by atoms with van der Waals surface area (Å²) in [4.78, 5) is 103. The van der Waals surface area contributed by atoms with Gasteiger partial charge in [0.05, 0.1) is 80.2 Å². The monoisotopic (exact) mass is 1570 g/mol. The number of nitrogens with two attached hydrogens (primary N) is 2. The Kier molecular flexibility index (Phi) is 41.1. The zero-order valence-corrected chi connectivity index (χ0v) is 64.4. The molecule has 5 N–H and O–H groups in total. The molecule has 0 aliphatic carbocycles. The Morgan fingerprint density at radius 2 is 0.685 bits per heavy atom. The predicted molar refractivity (Wildman–Crippen MR) is 377 cm³/mol. The maximum Gasteiger partial charge on any atom is 0.373 e. The Bertz CT molecular complexity index is 3500. The minimum atomic E-state index is -1.45. The average molecular weight is 1570 g/mol. The summed E-state index contributed by atoms with van der Waals surface area (Å²) >= 11 is 0. The third kappa shape index (κ3) is 27.8. The topological polar surface area (TPSA) is 578 Å². The highest BCUT2D eigenvalue weighted by molar-refractivity contribution is 5.67. The van der Waals surface area contributed by atoms with Crippen molar-refractivity contribution in [1.82, 2.24) is 0 Å². The molecule has 6 saturated heterocycles. The van der Waals surface area contributed by atoms with Gasteiger partial charge >= 0.3 is 42.1 Å². The Morgan fingerprint density at radius 3 is 1.02 bits per heavy atom. The van der Waals surface area contributed by atoms with Gasteiger partial charge in [0.2, 0.25) is 6.29 Å². The van der Waals surface area contributed by atoms with Crippen LogP contribution in [0.25, 0.3) is 41.8 Å². The average Bonchev–Trinajstić information content (AvgIpc) is 0.781. The van der Waals surface area contributed by atoms with Gasteiger partial charge in [-0.2, -0.15) is 19.2 Å². The minimum absolute atomic E-state index is 0.00000472. The van der Waals surface area contributed by atoms with E-state index >= 15 is 0 Å². The Morgan fingerprint density at radius 1 is 0.387 bits per heavy atom. The van der Waals surface area contributed by atoms with Gasteiger partial charge in [0, 0.05) is 66.1 Å². The second-order valence-electron chi connectivity index (χ2n) is 27.2. The van der Waals surface area contributed by atoms with Crippen LogP contribution in [-0.4, -0.2) is 209 Å². The highest BCUT2D eigenvalue weighted by atomic mass is 16.8. The van der Waals surface area contributed by atoms with E-state index in [1.54, 1.807) is 20.8 Å². The van der Waals surface area contributed by atoms with Gasteiger partial charge in [0.25, 0.3) is 0 Å². The maximum absolute atomic E-state index is 11.9. The number of hydrazine groups is 1. The highest BCUT2D eigenvalue weighted by Crippen LogP contribution is 2.43. The molecule has 6 aliphatic heterocycles. The molecule has 30 atom stereocenters. The lowest BCUT2D eigenvalue weighted by molar-refractivity contribution is -0.353. The summed E-state index contributed by atoms with van der Waals surface area (Å²) < 4.78 is 103. The second kappa shape index (κ2) is 48.2. The fourth-order valence-corrected chi connectivity index (χ4v) is 13.8. The van der Waals surface area contributed by atoms with Crippen LogP contribution in [0.15, 0.2) is 81.1 Å². The first-order chi connectivity index (χ1) is 52.9. The van der Waals surface area contributed by atoms with E-state index in [0.717, 1.165) is 11.1 Å². The number of aliphatic hydroxyl groups excluding tert-OH is 1. The van der Waals surface area contributed by atoms with Gasteiger partial charge in [-0.15, -0.1) is 0 Å². The highest BCUT2D eigenvalue weighted by Gasteiger charge is 2.55. The molecule has 0 amide bonds. The van der Waals surface area contributed by atoms with Crippen molar-refractivity contribution in [3.63, 3.8) is 0 Å². The molecular formula is C70H102N14O27. The number of hydrogen-bond acceptors (Lipinski definition) is 33. The molecule has 41 heteroatoms. The van der Waals surface area contributed by atoms with Crippen molar-refractivity contribution in [2.24, 2.45) is 79.5 Å². The molecule has 0 bridgehead atoms. The minimum Gasteiger partial charge on any atom is -0.463 e. The molecule has 14 unspecified atom stereocenters. The Labute approximate surface area is 640 Å². The van der Waals surface area contributed by atoms with Crippen LogP contribution in [0.2, 0.25) is 0 Å². The third-order valence-corrected chi connectivity index (χ3v) is 19.9. The van der Waals surface area contributed by atoms with Crippen LogP contribution in [-0.2, 0) is 137 Å². The molecule has 6 fully saturated rings. The molecule has 6 aliphatic rings. The zero-order chi connectivity index (χ0) is 82.8. The fraction of sp³-hybridized carbons (Fsp3) is 0.729. The number of hydrogen-bond donors (Lipinski definition) is 3. The van der Waals surface area contributed by atoms with Crippen molar-refractivity contribution < 1.29 is 129 Å². The standard InChI is InChI=1S/C35H50N6O12.C33H48N6O11.2CO2.H4N2/c1-17-18(2)28(38-40-36)34(50-26(17)15-45-22(6)42)52-30-20(4)32(47-14-25-12-10-9-11-13-25)35(48-21(30)5)53-31-19(3)29(39-41-37)33(49-24(8)44)51-27(31)16-46-23(7)43;1-16-17(2)27(37-39-35)32(48-24(16)14-43-21(6)40)49-28-19(4)30(45-13-23-11-9-8-10-12-23)33(46-20(28)5)50-29-18(3)26(36-38-34)31(42)47-25(29)15-44-22(7)41;2*2-1-3;1-2/h9-13,17-21,26-35H,14-16H2,1-8H3;8-12,16-20,24-33,42H,13-15H2,1-7H3;;;1-2H2/t17-,18-,19+,20-,21?,26?,27?,28?,29?,30-,31-,32?,33?,34+,35-;16-,17-,18+,19-,20?,24?,25?,26?,27?,28-,29-,30?,31?,32+,33-;;;/m00.../s1. The van der Waals surface area contributed by atoms with E-state index < -0.39 is 189 Å². The van der Waals surface area contributed by atoms with Crippen molar-refractivity contribution >= 4 is 42.1 Å². The SMILES string of the molecule is CC(=O)OCC1O[C@H](O[C@@H]2C(C)O[C@@H](O[C@@H]3C(COC(C)=O)OC(O)C(N=[N+]=[N-])[C@H]3C)C(OCc3ccccc3)[C@H]2C)C(N=[N+]=[N-])[C@@H](C)[C@@H]1C.CC(=O)OCC1O[C@H](O[C@@H]2C(C)O[C@@H](O[C@@H]3C(COC(C)=O)OC(OC(C)=O)C(N=[N+]=[N-])[C@H]3C)C(OCc3ccccc3)[C@H]2C)C(N=[N+]=[N-])[C@@H](C)[C@@H]1C.NN.O=C=O.O=C=O. The molecule has 2 aromatic rings. The summed E-state index contributed by atoms with van der Waals surface area (Å²) in [7, 11) is 0. The zero-order valence-electron chi connectivity index (χ0n) is 64.4. The van der Waals surface area contributed by atoms with E-state index in [1.807, 2.05) is 109 Å². The molecule has 8 rings (SSSR count). The van der Waals surface area contributed by atoms with Crippen LogP contribution in [0.1, 0.15) is 115 Å². The molecule has 0 saturated carbocycles. The van der Waals surface area contributed by atoms with Gasteiger partial charge in [-0.3, -0.25) is 35.7 Å². The molecule has 2 aromatic carbocycles. The van der Waals surface area contributed by atoms with E-state index in [2.05, 4.69) is 51.8 Å². The summed E-state index contributed by atoms with van der Waals surface area (Å²) in [5.74, 6) is 2.67. The van der Waals surface area contributed by atoms with Gasteiger partial charge in [0.1, 0.15) is 56.9 Å². The first kappa shape index (κ1) is 94.6. The van der Waals surface area contributed by atoms with Gasteiger partial charge in [-0.05, 0) is 82.6 Å². The maximum atomic E-state index is 11.9. The molecule has 111 heavy (non-hydrogen) atoms. The van der Waals surface area contributed by atoms with Gasteiger partial charge in [-0.1, -0.05) is 137 Å². The van der Waals surface area contributed by atoms with E-state index in [4.69, 9.17) is 99.7 Å². The van der Waals surface area contributed by atoms with Gasteiger partial charge < -0.3 is 85.6 Å². The number of esters is 5. The van der Waals surface area contributed by atoms with Crippen molar-refractivity contribution in [2.45, 2.75) is 252 Å². The van der Waals surface area contributed by atoms with Crippen molar-refractivity contribution in [2.75, 3.05) is 26.4 Å². The van der Waals surface area contributed by atoms with Gasteiger partial charge in [-0.25, -0.2) is 0 Å². The van der Waals surface area contributed by atoms with E-state index in [1.165, 1.54) is 34.6 Å². The Balaban J connectivity index is 0.000000429. The van der Waals surface area contributed by atoms with Crippen molar-refractivity contribution in [3.05, 3.63) is 114 Å². The smallest absolute Gasteiger partial charge is 0.373 e. The number of carbonyl (C=O) groups excluding carboxylic acids is 9. The summed E-state index contributed by atoms with van der Waals surface area (Å²) in [6.45, 7) is 24.9. The van der Waals surface area contributed by atoms with Crippen LogP contribution >= 0.6 is 0 Å².